The first-order chi connectivity index (χ1) is 30.2. The maximum Gasteiger partial charge on any atom is 0.164 e. The molecule has 0 fully saturated rings. The van der Waals surface area contributed by atoms with Gasteiger partial charge in [-0.1, -0.05) is 182 Å². The molecule has 0 saturated carbocycles. The number of nitrogens with zero attached hydrogens (tertiary/aromatic N) is 4. The Labute approximate surface area is 352 Å². The van der Waals surface area contributed by atoms with E-state index in [1.165, 1.54) is 54.6 Å². The molecule has 0 amide bonds. The van der Waals surface area contributed by atoms with Crippen LogP contribution in [0.15, 0.2) is 218 Å². The van der Waals surface area contributed by atoms with Crippen LogP contribution in [0.4, 0.5) is 0 Å². The molecule has 0 saturated heterocycles. The van der Waals surface area contributed by atoms with Gasteiger partial charge in [0.25, 0.3) is 0 Å². The van der Waals surface area contributed by atoms with Crippen LogP contribution in [0.25, 0.3) is 116 Å². The van der Waals surface area contributed by atoms with Gasteiger partial charge >= 0.3 is 0 Å². The van der Waals surface area contributed by atoms with Crippen molar-refractivity contribution in [2.45, 2.75) is 0 Å². The Hall–Kier alpha value is -8.21. The Balaban J connectivity index is 1.04. The Bertz CT molecular complexity index is 3640. The van der Waals surface area contributed by atoms with Crippen molar-refractivity contribution in [2.24, 2.45) is 0 Å². The lowest BCUT2D eigenvalue weighted by atomic mass is 9.97. The van der Waals surface area contributed by atoms with E-state index in [-0.39, 0.29) is 0 Å². The minimum absolute atomic E-state index is 0.618. The highest BCUT2D eigenvalue weighted by Gasteiger charge is 2.19. The summed E-state index contributed by atoms with van der Waals surface area (Å²) in [5, 5.41) is 9.67. The average molecular weight is 777 g/mol. The van der Waals surface area contributed by atoms with Gasteiger partial charge in [0.15, 0.2) is 17.5 Å². The van der Waals surface area contributed by atoms with Gasteiger partial charge in [0, 0.05) is 33.2 Å². The molecule has 12 aromatic rings. The van der Waals surface area contributed by atoms with Crippen molar-refractivity contribution in [2.75, 3.05) is 0 Å². The van der Waals surface area contributed by atoms with Gasteiger partial charge in [0.1, 0.15) is 0 Å². The van der Waals surface area contributed by atoms with Crippen molar-refractivity contribution in [1.29, 1.82) is 0 Å². The number of rotatable bonds is 6. The van der Waals surface area contributed by atoms with E-state index in [0.717, 1.165) is 44.2 Å². The summed E-state index contributed by atoms with van der Waals surface area (Å²) in [6.07, 6.45) is 0. The molecule has 61 heavy (non-hydrogen) atoms. The molecule has 0 atom stereocenters. The number of benzene rings is 10. The van der Waals surface area contributed by atoms with Crippen molar-refractivity contribution in [3.05, 3.63) is 218 Å². The standard InChI is InChI=1S/C57H36N4/c1-3-13-37(14-4-1)41-25-26-43-34-46(28-27-42(43)33-41)57-59-55(40-17-5-2-6-18-40)58-56(60-57)45-20-11-21-47(35-45)61-52-32-30-39-16-8-10-23-50(39)54(52)51-31-29-44(36-53(51)61)49-24-12-19-38-15-7-9-22-48(38)49/h1-36H. The van der Waals surface area contributed by atoms with Crippen LogP contribution >= 0.6 is 0 Å². The zero-order chi connectivity index (χ0) is 40.3. The molecule has 284 valence electrons. The second-order valence-corrected chi connectivity index (χ2v) is 15.6. The summed E-state index contributed by atoms with van der Waals surface area (Å²) in [4.78, 5) is 15.4. The highest BCUT2D eigenvalue weighted by Crippen LogP contribution is 2.40. The van der Waals surface area contributed by atoms with Crippen LogP contribution in [0.5, 0.6) is 0 Å². The summed E-state index contributed by atoms with van der Waals surface area (Å²) < 4.78 is 2.41. The molecule has 0 spiro atoms. The molecular weight excluding hydrogens is 741 g/mol. The molecule has 0 aliphatic carbocycles. The van der Waals surface area contributed by atoms with E-state index < -0.39 is 0 Å². The summed E-state index contributed by atoms with van der Waals surface area (Å²) in [5.41, 5.74) is 10.9. The Morgan fingerprint density at radius 2 is 0.820 bits per heavy atom. The van der Waals surface area contributed by atoms with Gasteiger partial charge in [-0.05, 0) is 91.0 Å². The Morgan fingerprint density at radius 1 is 0.279 bits per heavy atom. The zero-order valence-electron chi connectivity index (χ0n) is 33.1. The SMILES string of the molecule is c1ccc(-c2ccc3cc(-c4nc(-c5ccccc5)nc(-c5cccc(-n6c7cc(-c8cccc9ccccc89)ccc7c7c8ccccc8ccc76)c5)n4)ccc3c2)cc1. The van der Waals surface area contributed by atoms with Crippen molar-refractivity contribution in [3.8, 4) is 62.1 Å². The van der Waals surface area contributed by atoms with Crippen LogP contribution in [0.1, 0.15) is 0 Å². The molecule has 12 rings (SSSR count). The summed E-state index contributed by atoms with van der Waals surface area (Å²) in [5.74, 6) is 1.88. The third-order valence-corrected chi connectivity index (χ3v) is 12.0. The van der Waals surface area contributed by atoms with Gasteiger partial charge in [-0.2, -0.15) is 0 Å². The first-order valence-electron chi connectivity index (χ1n) is 20.7. The molecule has 0 radical (unpaired) electrons. The topological polar surface area (TPSA) is 43.6 Å². The second-order valence-electron chi connectivity index (χ2n) is 15.6. The molecule has 4 nitrogen and oxygen atoms in total. The predicted octanol–water partition coefficient (Wildman–Crippen LogP) is 14.8. The minimum Gasteiger partial charge on any atom is -0.309 e. The van der Waals surface area contributed by atoms with E-state index in [4.69, 9.17) is 15.0 Å². The number of fused-ring (bicyclic) bond motifs is 7. The van der Waals surface area contributed by atoms with E-state index in [0.29, 0.717) is 17.5 Å². The van der Waals surface area contributed by atoms with E-state index in [9.17, 15) is 0 Å². The quantitative estimate of drug-likeness (QED) is 0.169. The maximum absolute atomic E-state index is 5.21. The molecule has 0 unspecified atom stereocenters. The molecule has 0 aliphatic heterocycles. The van der Waals surface area contributed by atoms with Gasteiger partial charge in [-0.25, -0.2) is 15.0 Å². The van der Waals surface area contributed by atoms with E-state index in [2.05, 4.69) is 205 Å². The second kappa shape index (κ2) is 14.3. The first-order valence-corrected chi connectivity index (χ1v) is 20.7. The first kappa shape index (κ1) is 34.8. The monoisotopic (exact) mass is 776 g/mol. The van der Waals surface area contributed by atoms with Crippen LogP contribution in [-0.2, 0) is 0 Å². The fraction of sp³-hybridized carbons (Fsp3) is 0. The van der Waals surface area contributed by atoms with Gasteiger partial charge in [-0.15, -0.1) is 0 Å². The highest BCUT2D eigenvalue weighted by molar-refractivity contribution is 6.22. The van der Waals surface area contributed by atoms with Crippen molar-refractivity contribution >= 4 is 54.1 Å². The summed E-state index contributed by atoms with van der Waals surface area (Å²) in [7, 11) is 0. The van der Waals surface area contributed by atoms with E-state index in [1.54, 1.807) is 0 Å². The Kier molecular flexibility index (Phi) is 8.13. The van der Waals surface area contributed by atoms with Gasteiger partial charge < -0.3 is 4.57 Å². The van der Waals surface area contributed by atoms with Gasteiger partial charge in [-0.3, -0.25) is 0 Å². The number of aromatic nitrogens is 4. The largest absolute Gasteiger partial charge is 0.309 e. The summed E-state index contributed by atoms with van der Waals surface area (Å²) >= 11 is 0. The van der Waals surface area contributed by atoms with Crippen LogP contribution < -0.4 is 0 Å². The Morgan fingerprint density at radius 3 is 1.59 bits per heavy atom. The summed E-state index contributed by atoms with van der Waals surface area (Å²) in [6.45, 7) is 0. The molecular formula is C57H36N4. The third-order valence-electron chi connectivity index (χ3n) is 12.0. The van der Waals surface area contributed by atoms with E-state index >= 15 is 0 Å². The van der Waals surface area contributed by atoms with Crippen molar-refractivity contribution in [1.82, 2.24) is 19.5 Å². The maximum atomic E-state index is 5.21. The number of hydrogen-bond donors (Lipinski definition) is 0. The fourth-order valence-electron chi connectivity index (χ4n) is 9.04. The lowest BCUT2D eigenvalue weighted by Crippen LogP contribution is -2.01. The van der Waals surface area contributed by atoms with Crippen LogP contribution in [0.3, 0.4) is 0 Å². The zero-order valence-corrected chi connectivity index (χ0v) is 33.1. The normalized spacial score (nSPS) is 11.6. The molecule has 10 aromatic carbocycles. The van der Waals surface area contributed by atoms with Crippen LogP contribution in [-0.4, -0.2) is 19.5 Å². The highest BCUT2D eigenvalue weighted by atomic mass is 15.0. The summed E-state index contributed by atoms with van der Waals surface area (Å²) in [6, 6.07) is 77.7. The average Bonchev–Trinajstić information content (AvgIpc) is 3.68. The molecule has 2 aromatic heterocycles. The smallest absolute Gasteiger partial charge is 0.164 e. The molecule has 0 aliphatic rings. The molecule has 0 N–H and O–H groups in total. The molecule has 2 heterocycles. The predicted molar refractivity (Wildman–Crippen MR) is 254 cm³/mol. The van der Waals surface area contributed by atoms with Crippen LogP contribution in [0, 0.1) is 0 Å². The van der Waals surface area contributed by atoms with Gasteiger partial charge in [0.05, 0.1) is 11.0 Å². The molecule has 4 heteroatoms. The van der Waals surface area contributed by atoms with E-state index in [1.807, 2.05) is 18.2 Å². The lowest BCUT2D eigenvalue weighted by molar-refractivity contribution is 1.07. The minimum atomic E-state index is 0.618. The van der Waals surface area contributed by atoms with Crippen molar-refractivity contribution < 1.29 is 0 Å². The molecule has 0 bridgehead atoms. The number of hydrogen-bond acceptors (Lipinski definition) is 3. The fourth-order valence-corrected chi connectivity index (χ4v) is 9.04. The van der Waals surface area contributed by atoms with Gasteiger partial charge in [0.2, 0.25) is 0 Å². The lowest BCUT2D eigenvalue weighted by Gasteiger charge is -2.13. The third kappa shape index (κ3) is 6.04. The van der Waals surface area contributed by atoms with Crippen LogP contribution in [0.2, 0.25) is 0 Å². The van der Waals surface area contributed by atoms with Crippen molar-refractivity contribution in [3.63, 3.8) is 0 Å².